The topological polar surface area (TPSA) is 49.8 Å². The summed E-state index contributed by atoms with van der Waals surface area (Å²) in [5.41, 5.74) is -0.543. The van der Waals surface area contributed by atoms with Gasteiger partial charge >= 0.3 is 6.09 Å². The molecule has 2 unspecified atom stereocenters. The fourth-order valence-corrected chi connectivity index (χ4v) is 2.69. The Hall–Kier alpha value is -1.62. The molecule has 1 aromatic rings. The van der Waals surface area contributed by atoms with E-state index in [2.05, 4.69) is 0 Å². The van der Waals surface area contributed by atoms with E-state index in [4.69, 9.17) is 4.74 Å². The van der Waals surface area contributed by atoms with Crippen LogP contribution in [0, 0.1) is 11.7 Å². The third-order valence-corrected chi connectivity index (χ3v) is 3.92. The Labute approximate surface area is 118 Å². The van der Waals surface area contributed by atoms with E-state index >= 15 is 0 Å². The molecule has 0 spiro atoms. The molecule has 2 atom stereocenters. The van der Waals surface area contributed by atoms with Gasteiger partial charge in [0.15, 0.2) is 0 Å². The van der Waals surface area contributed by atoms with Crippen LogP contribution >= 0.6 is 0 Å². The van der Waals surface area contributed by atoms with Crippen molar-refractivity contribution in [1.82, 2.24) is 4.90 Å². The summed E-state index contributed by atoms with van der Waals surface area (Å²) in [4.78, 5) is 13.3. The zero-order valence-corrected chi connectivity index (χ0v) is 11.8. The monoisotopic (exact) mass is 281 g/mol. The van der Waals surface area contributed by atoms with Gasteiger partial charge in [0.05, 0.1) is 12.2 Å². The van der Waals surface area contributed by atoms with Crippen molar-refractivity contribution in [3.63, 3.8) is 0 Å². The smallest absolute Gasteiger partial charge is 0.409 e. The summed E-state index contributed by atoms with van der Waals surface area (Å²) in [5.74, 6) is -0.557. The molecule has 0 aliphatic carbocycles. The Morgan fingerprint density at radius 3 is 2.95 bits per heavy atom. The van der Waals surface area contributed by atoms with Gasteiger partial charge < -0.3 is 14.7 Å². The van der Waals surface area contributed by atoms with Gasteiger partial charge in [-0.15, -0.1) is 0 Å². The van der Waals surface area contributed by atoms with Crippen molar-refractivity contribution in [2.24, 2.45) is 5.92 Å². The molecule has 4 nitrogen and oxygen atoms in total. The molecule has 1 aliphatic rings. The minimum absolute atomic E-state index is 0.192. The Balaban J connectivity index is 2.14. The summed E-state index contributed by atoms with van der Waals surface area (Å²) in [6.45, 7) is 4.74. The van der Waals surface area contributed by atoms with Crippen molar-refractivity contribution in [2.45, 2.75) is 25.9 Å². The maximum absolute atomic E-state index is 13.3. The number of ether oxygens (including phenoxy) is 1. The van der Waals surface area contributed by atoms with Crippen LogP contribution in [0.3, 0.4) is 0 Å². The number of hydrogen-bond donors (Lipinski definition) is 1. The first-order valence-corrected chi connectivity index (χ1v) is 6.87. The van der Waals surface area contributed by atoms with Gasteiger partial charge in [-0.05, 0) is 31.0 Å². The standard InChI is InChI=1S/C15H20FNO3/c1-3-20-14(18)17-8-7-15(19,11(2)10-17)12-5-4-6-13(16)9-12/h4-6,9,11,19H,3,7-8,10H2,1-2H3. The predicted octanol–water partition coefficient (Wildman–Crippen LogP) is 2.51. The molecule has 1 fully saturated rings. The second kappa shape index (κ2) is 5.79. The number of piperidine rings is 1. The van der Waals surface area contributed by atoms with Crippen LogP contribution in [0.1, 0.15) is 25.8 Å². The summed E-state index contributed by atoms with van der Waals surface area (Å²) in [6, 6.07) is 6.02. The van der Waals surface area contributed by atoms with Gasteiger partial charge in [0.25, 0.3) is 0 Å². The molecule has 0 saturated carbocycles. The van der Waals surface area contributed by atoms with Crippen LogP contribution in [-0.2, 0) is 10.3 Å². The molecule has 0 aromatic heterocycles. The van der Waals surface area contributed by atoms with Crippen LogP contribution in [0.5, 0.6) is 0 Å². The normalized spacial score (nSPS) is 26.4. The molecule has 1 saturated heterocycles. The van der Waals surface area contributed by atoms with E-state index in [1.54, 1.807) is 24.0 Å². The average molecular weight is 281 g/mol. The molecule has 20 heavy (non-hydrogen) atoms. The van der Waals surface area contributed by atoms with Crippen LogP contribution in [-0.4, -0.2) is 35.8 Å². The van der Waals surface area contributed by atoms with Crippen LogP contribution in [0.4, 0.5) is 9.18 Å². The van der Waals surface area contributed by atoms with Crippen LogP contribution in [0.25, 0.3) is 0 Å². The molecule has 1 aromatic carbocycles. The maximum atomic E-state index is 13.3. The number of benzene rings is 1. The lowest BCUT2D eigenvalue weighted by Crippen LogP contribution is -2.50. The molecule has 2 rings (SSSR count). The second-order valence-corrected chi connectivity index (χ2v) is 5.23. The second-order valence-electron chi connectivity index (χ2n) is 5.23. The lowest BCUT2D eigenvalue weighted by Gasteiger charge is -2.43. The number of halogens is 1. The fourth-order valence-electron chi connectivity index (χ4n) is 2.69. The zero-order valence-electron chi connectivity index (χ0n) is 11.8. The number of nitrogens with zero attached hydrogens (tertiary/aromatic N) is 1. The summed E-state index contributed by atoms with van der Waals surface area (Å²) in [6.07, 6.45) is 0.0109. The molecule has 1 N–H and O–H groups in total. The van der Waals surface area contributed by atoms with Crippen molar-refractivity contribution in [1.29, 1.82) is 0 Å². The number of carbonyl (C=O) groups excluding carboxylic acids is 1. The van der Waals surface area contributed by atoms with Gasteiger partial charge in [0, 0.05) is 19.0 Å². The van der Waals surface area contributed by atoms with Crippen molar-refractivity contribution in [3.05, 3.63) is 35.6 Å². The molecule has 1 aliphatic heterocycles. The first kappa shape index (κ1) is 14.8. The molecule has 0 bridgehead atoms. The van der Waals surface area contributed by atoms with Crippen LogP contribution < -0.4 is 0 Å². The highest BCUT2D eigenvalue weighted by Gasteiger charge is 2.41. The summed E-state index contributed by atoms with van der Waals surface area (Å²) in [5, 5.41) is 10.8. The highest BCUT2D eigenvalue weighted by atomic mass is 19.1. The maximum Gasteiger partial charge on any atom is 0.409 e. The molecular formula is C15H20FNO3. The van der Waals surface area contributed by atoms with Gasteiger partial charge in [-0.3, -0.25) is 0 Å². The highest BCUT2D eigenvalue weighted by Crippen LogP contribution is 2.37. The third-order valence-electron chi connectivity index (χ3n) is 3.92. The predicted molar refractivity (Wildman–Crippen MR) is 72.7 cm³/mol. The largest absolute Gasteiger partial charge is 0.450 e. The number of aliphatic hydroxyl groups is 1. The minimum atomic E-state index is -1.11. The van der Waals surface area contributed by atoms with Gasteiger partial charge in [-0.25, -0.2) is 9.18 Å². The third kappa shape index (κ3) is 2.77. The van der Waals surface area contributed by atoms with E-state index in [9.17, 15) is 14.3 Å². The quantitative estimate of drug-likeness (QED) is 0.906. The average Bonchev–Trinajstić information content (AvgIpc) is 2.42. The van der Waals surface area contributed by atoms with E-state index in [1.807, 2.05) is 6.92 Å². The molecule has 110 valence electrons. The molecule has 1 amide bonds. The fraction of sp³-hybridized carbons (Fsp3) is 0.533. The van der Waals surface area contributed by atoms with Gasteiger partial charge in [-0.2, -0.15) is 0 Å². The van der Waals surface area contributed by atoms with Crippen molar-refractivity contribution >= 4 is 6.09 Å². The van der Waals surface area contributed by atoms with E-state index in [1.165, 1.54) is 12.1 Å². The minimum Gasteiger partial charge on any atom is -0.450 e. The lowest BCUT2D eigenvalue weighted by atomic mass is 9.77. The first-order valence-electron chi connectivity index (χ1n) is 6.87. The summed E-state index contributed by atoms with van der Waals surface area (Å²) < 4.78 is 18.3. The van der Waals surface area contributed by atoms with E-state index in [0.717, 1.165) is 0 Å². The molecular weight excluding hydrogens is 261 g/mol. The van der Waals surface area contributed by atoms with Gasteiger partial charge in [0.2, 0.25) is 0 Å². The lowest BCUT2D eigenvalue weighted by molar-refractivity contribution is -0.0676. The van der Waals surface area contributed by atoms with Crippen LogP contribution in [0.2, 0.25) is 0 Å². The Bertz CT molecular complexity index is 494. The Morgan fingerprint density at radius 2 is 2.35 bits per heavy atom. The van der Waals surface area contributed by atoms with Crippen LogP contribution in [0.15, 0.2) is 24.3 Å². The van der Waals surface area contributed by atoms with E-state index in [0.29, 0.717) is 31.7 Å². The van der Waals surface area contributed by atoms with E-state index < -0.39 is 5.60 Å². The molecule has 1 heterocycles. The SMILES string of the molecule is CCOC(=O)N1CCC(O)(c2cccc(F)c2)C(C)C1. The Kier molecular flexibility index (Phi) is 4.28. The molecule has 0 radical (unpaired) electrons. The number of carbonyl (C=O) groups is 1. The first-order chi connectivity index (χ1) is 9.47. The molecule has 5 heteroatoms. The number of hydrogen-bond acceptors (Lipinski definition) is 3. The van der Waals surface area contributed by atoms with E-state index in [-0.39, 0.29) is 17.8 Å². The zero-order chi connectivity index (χ0) is 14.8. The summed E-state index contributed by atoms with van der Waals surface area (Å²) >= 11 is 0. The number of likely N-dealkylation sites (tertiary alicyclic amines) is 1. The number of amides is 1. The van der Waals surface area contributed by atoms with Crippen molar-refractivity contribution in [3.8, 4) is 0 Å². The van der Waals surface area contributed by atoms with Crippen molar-refractivity contribution < 1.29 is 19.0 Å². The number of rotatable bonds is 2. The van der Waals surface area contributed by atoms with Gasteiger partial charge in [-0.1, -0.05) is 19.1 Å². The van der Waals surface area contributed by atoms with Crippen molar-refractivity contribution in [2.75, 3.05) is 19.7 Å². The highest BCUT2D eigenvalue weighted by molar-refractivity contribution is 5.67. The summed E-state index contributed by atoms with van der Waals surface area (Å²) in [7, 11) is 0. The Morgan fingerprint density at radius 1 is 1.60 bits per heavy atom. The van der Waals surface area contributed by atoms with Gasteiger partial charge in [0.1, 0.15) is 5.82 Å².